The number of likely N-dealkylation sites (tertiary alicyclic amines) is 1. The molecule has 1 heterocycles. The van der Waals surface area contributed by atoms with Crippen LogP contribution in [-0.2, 0) is 21.0 Å². The van der Waals surface area contributed by atoms with Crippen LogP contribution in [0.25, 0.3) is 0 Å². The number of amides is 2. The number of rotatable bonds is 5. The fourth-order valence-corrected chi connectivity index (χ4v) is 2.56. The van der Waals surface area contributed by atoms with Crippen molar-refractivity contribution in [2.45, 2.75) is 51.9 Å². The zero-order chi connectivity index (χ0) is 20.7. The first-order valence-corrected chi connectivity index (χ1v) is 8.95. The largest absolute Gasteiger partial charge is 0.716 e. The van der Waals surface area contributed by atoms with Crippen molar-refractivity contribution in [1.29, 1.82) is 0 Å². The summed E-state index contributed by atoms with van der Waals surface area (Å²) in [6.07, 6.45) is 0.319. The van der Waals surface area contributed by atoms with E-state index >= 15 is 0 Å². The number of nitrogens with two attached hydrogens (primary N) is 1. The Bertz CT molecular complexity index is 704. The summed E-state index contributed by atoms with van der Waals surface area (Å²) in [5.41, 5.74) is 5.90. The topological polar surface area (TPSA) is 133 Å². The molecule has 0 aliphatic carbocycles. The molecule has 28 heavy (non-hydrogen) atoms. The molecule has 1 aromatic carbocycles. The van der Waals surface area contributed by atoms with Gasteiger partial charge in [0.25, 0.3) is 5.91 Å². The van der Waals surface area contributed by atoms with Crippen LogP contribution in [0.15, 0.2) is 35.4 Å². The number of hydrogen-bond donors (Lipinski definition) is 2. The molecule has 0 radical (unpaired) electrons. The van der Waals surface area contributed by atoms with Crippen LogP contribution in [0.2, 0.25) is 0 Å². The van der Waals surface area contributed by atoms with E-state index in [-0.39, 0.29) is 24.4 Å². The Morgan fingerprint density at radius 1 is 1.39 bits per heavy atom. The molecule has 1 aliphatic heterocycles. The van der Waals surface area contributed by atoms with Crippen molar-refractivity contribution in [3.8, 4) is 0 Å². The van der Waals surface area contributed by atoms with E-state index < -0.39 is 23.6 Å². The third-order valence-electron chi connectivity index (χ3n) is 3.77. The number of hydrazone groups is 1. The van der Waals surface area contributed by atoms with Gasteiger partial charge < -0.3 is 21.0 Å². The second-order valence-corrected chi connectivity index (χ2v) is 7.29. The third-order valence-corrected chi connectivity index (χ3v) is 3.77. The van der Waals surface area contributed by atoms with E-state index in [1.807, 2.05) is 18.2 Å². The second kappa shape index (κ2) is 9.38. The van der Waals surface area contributed by atoms with Gasteiger partial charge in [0.15, 0.2) is 0 Å². The van der Waals surface area contributed by atoms with Gasteiger partial charge in [-0.1, -0.05) is 30.3 Å². The van der Waals surface area contributed by atoms with E-state index in [9.17, 15) is 14.8 Å². The number of nitrogens with one attached hydrogen (secondary N) is 1. The fourth-order valence-electron chi connectivity index (χ4n) is 2.56. The van der Waals surface area contributed by atoms with Gasteiger partial charge in [0.05, 0.1) is 0 Å². The maximum Gasteiger partial charge on any atom is 0.408 e. The van der Waals surface area contributed by atoms with Crippen molar-refractivity contribution >= 4 is 18.0 Å². The van der Waals surface area contributed by atoms with Gasteiger partial charge in [-0.2, -0.15) is 0 Å². The Kier molecular flexibility index (Phi) is 7.18. The zero-order valence-corrected chi connectivity index (χ0v) is 16.3. The summed E-state index contributed by atoms with van der Waals surface area (Å²) in [7, 11) is 0. The highest BCUT2D eigenvalue weighted by Gasteiger charge is 2.33. The molecular formula is C18H26N5O5-. The number of carbonyl (C=O) groups is 2. The van der Waals surface area contributed by atoms with Crippen LogP contribution in [0.1, 0.15) is 39.2 Å². The minimum absolute atomic E-state index is 0.0118. The smallest absolute Gasteiger partial charge is 0.408 e. The molecule has 0 aromatic heterocycles. The van der Waals surface area contributed by atoms with E-state index in [1.54, 1.807) is 32.9 Å². The number of hydrogen-bond acceptors (Lipinski definition) is 7. The minimum Gasteiger partial charge on any atom is -0.716 e. The Hall–Kier alpha value is -2.85. The Morgan fingerprint density at radius 3 is 2.71 bits per heavy atom. The maximum atomic E-state index is 12.6. The first kappa shape index (κ1) is 21.5. The average Bonchev–Trinajstić information content (AvgIpc) is 2.61. The molecule has 3 N–H and O–H groups in total. The lowest BCUT2D eigenvalue weighted by Crippen LogP contribution is -2.56. The zero-order valence-electron chi connectivity index (χ0n) is 16.3. The molecular weight excluding hydrogens is 366 g/mol. The van der Waals surface area contributed by atoms with Gasteiger partial charge >= 0.3 is 6.09 Å². The molecule has 154 valence electrons. The van der Waals surface area contributed by atoms with Crippen molar-refractivity contribution in [3.05, 3.63) is 41.1 Å². The van der Waals surface area contributed by atoms with Gasteiger partial charge in [-0.3, -0.25) is 14.5 Å². The summed E-state index contributed by atoms with van der Waals surface area (Å²) in [5, 5.41) is 17.8. The highest BCUT2D eigenvalue weighted by atomic mass is 16.9. The summed E-state index contributed by atoms with van der Waals surface area (Å²) >= 11 is 0. The Labute approximate surface area is 163 Å². The lowest BCUT2D eigenvalue weighted by Gasteiger charge is -2.33. The summed E-state index contributed by atoms with van der Waals surface area (Å²) < 4.78 is 5.16. The van der Waals surface area contributed by atoms with Crippen molar-refractivity contribution in [3.63, 3.8) is 0 Å². The number of alkyl carbamates (subject to hydrolysis) is 1. The molecule has 1 unspecified atom stereocenters. The predicted octanol–water partition coefficient (Wildman–Crippen LogP) is 1.66. The molecule has 2 rings (SSSR count). The maximum absolute atomic E-state index is 12.6. The summed E-state index contributed by atoms with van der Waals surface area (Å²) in [4.78, 5) is 30.6. The Balaban J connectivity index is 1.92. The molecule has 1 aromatic rings. The molecule has 1 saturated heterocycles. The standard InChI is InChI=1S/C18H26N5O5/c1-18(2,3)28-17(25)20-14-10-7-11-22(15(14)24)16(19)21-23(26)27-12-13-8-5-4-6-9-13/h4-6,8-9,14H,7,10-12H2,1-3H3,(H2,19,21)(H,20,25)/q-1. The van der Waals surface area contributed by atoms with Gasteiger partial charge in [-0.15, -0.1) is 5.10 Å². The molecule has 10 heteroatoms. The molecule has 0 bridgehead atoms. The minimum atomic E-state index is -0.803. The van der Waals surface area contributed by atoms with E-state index in [1.165, 1.54) is 0 Å². The molecule has 1 fully saturated rings. The van der Waals surface area contributed by atoms with Crippen molar-refractivity contribution in [2.75, 3.05) is 6.54 Å². The normalized spacial score (nSPS) is 18.0. The molecule has 1 atom stereocenters. The fraction of sp³-hybridized carbons (Fsp3) is 0.500. The molecule has 2 amide bonds. The third kappa shape index (κ3) is 6.71. The van der Waals surface area contributed by atoms with Crippen LogP contribution in [0.3, 0.4) is 0 Å². The van der Waals surface area contributed by atoms with E-state index in [0.29, 0.717) is 12.8 Å². The lowest BCUT2D eigenvalue weighted by molar-refractivity contribution is -0.136. The monoisotopic (exact) mass is 392 g/mol. The van der Waals surface area contributed by atoms with E-state index in [2.05, 4.69) is 10.4 Å². The summed E-state index contributed by atoms with van der Waals surface area (Å²) in [6, 6.07) is 8.26. The van der Waals surface area contributed by atoms with Crippen molar-refractivity contribution < 1.29 is 19.2 Å². The van der Waals surface area contributed by atoms with Gasteiger partial charge in [0, 0.05) is 6.54 Å². The second-order valence-electron chi connectivity index (χ2n) is 7.29. The molecule has 10 nitrogen and oxygen atoms in total. The molecule has 1 aliphatic rings. The van der Waals surface area contributed by atoms with E-state index in [0.717, 1.165) is 10.5 Å². The highest BCUT2D eigenvalue weighted by molar-refractivity contribution is 6.00. The summed E-state index contributed by atoms with van der Waals surface area (Å²) in [5.74, 6) is -0.765. The van der Waals surface area contributed by atoms with Crippen LogP contribution < -0.4 is 11.1 Å². The molecule has 0 spiro atoms. The number of ether oxygens (including phenoxy) is 1. The van der Waals surface area contributed by atoms with Crippen molar-refractivity contribution in [2.24, 2.45) is 10.8 Å². The Morgan fingerprint density at radius 2 is 2.07 bits per heavy atom. The number of guanidine groups is 1. The first-order chi connectivity index (χ1) is 13.2. The van der Waals surface area contributed by atoms with Crippen LogP contribution in [-0.4, -0.2) is 46.4 Å². The van der Waals surface area contributed by atoms with Crippen LogP contribution in [0.5, 0.6) is 0 Å². The van der Waals surface area contributed by atoms with Gasteiger partial charge in [0.2, 0.25) is 5.96 Å². The van der Waals surface area contributed by atoms with E-state index in [4.69, 9.17) is 15.3 Å². The average molecular weight is 392 g/mol. The SMILES string of the molecule is CC(C)(C)OC(=O)NC1CCCN(/C(N)=N/N([O-])OCc2ccccc2)C1=O. The highest BCUT2D eigenvalue weighted by Crippen LogP contribution is 2.14. The van der Waals surface area contributed by atoms with Gasteiger partial charge in [0.1, 0.15) is 18.2 Å². The lowest BCUT2D eigenvalue weighted by atomic mass is 10.1. The van der Waals surface area contributed by atoms with Crippen LogP contribution in [0, 0.1) is 5.21 Å². The van der Waals surface area contributed by atoms with Gasteiger partial charge in [-0.05, 0) is 39.2 Å². The van der Waals surface area contributed by atoms with Crippen molar-refractivity contribution in [1.82, 2.24) is 15.6 Å². The van der Waals surface area contributed by atoms with Crippen LogP contribution in [0.4, 0.5) is 4.79 Å². The van der Waals surface area contributed by atoms with Gasteiger partial charge in [-0.25, -0.2) is 10.1 Å². The number of piperidine rings is 1. The first-order valence-electron chi connectivity index (χ1n) is 8.95. The predicted molar refractivity (Wildman–Crippen MR) is 102 cm³/mol. The molecule has 0 saturated carbocycles. The number of benzene rings is 1. The quantitative estimate of drug-likeness (QED) is 0.442. The summed E-state index contributed by atoms with van der Waals surface area (Å²) in [6.45, 7) is 5.48. The van der Waals surface area contributed by atoms with Crippen LogP contribution >= 0.6 is 0 Å². The number of nitrogens with zero attached hydrogens (tertiary/aromatic N) is 3. The number of carbonyl (C=O) groups excluding carboxylic acids is 2.